The van der Waals surface area contributed by atoms with E-state index in [-0.39, 0.29) is 5.56 Å². The number of benzene rings is 1. The van der Waals surface area contributed by atoms with E-state index in [1.54, 1.807) is 6.20 Å². The maximum Gasteiger partial charge on any atom is 0.129 e. The standard InChI is InChI=1S/C17H21F2N3O/c1-21-16(4-7-20-21)12-5-8-22(9-6-12)11-17(23)14-10-13(18)2-3-15(14)19/h2-4,7,10,12,17,23H,5-6,8-9,11H2,1H3. The predicted molar refractivity (Wildman–Crippen MR) is 82.9 cm³/mol. The zero-order chi connectivity index (χ0) is 16.4. The SMILES string of the molecule is Cn1nccc1C1CCN(CC(O)c2cc(F)ccc2F)CC1. The first-order valence-electron chi connectivity index (χ1n) is 7.88. The second kappa shape index (κ2) is 6.76. The number of nitrogens with zero attached hydrogens (tertiary/aromatic N) is 3. The summed E-state index contributed by atoms with van der Waals surface area (Å²) in [5.41, 5.74) is 1.25. The van der Waals surface area contributed by atoms with Gasteiger partial charge in [-0.1, -0.05) is 0 Å². The van der Waals surface area contributed by atoms with Crippen LogP contribution in [0.3, 0.4) is 0 Å². The summed E-state index contributed by atoms with van der Waals surface area (Å²) in [5, 5.41) is 14.4. The molecule has 23 heavy (non-hydrogen) atoms. The van der Waals surface area contributed by atoms with Gasteiger partial charge in [0.25, 0.3) is 0 Å². The Bertz CT molecular complexity index is 666. The highest BCUT2D eigenvalue weighted by molar-refractivity contribution is 5.21. The van der Waals surface area contributed by atoms with Gasteiger partial charge in [0, 0.05) is 37.0 Å². The minimum Gasteiger partial charge on any atom is -0.387 e. The Morgan fingerprint density at radius 3 is 2.65 bits per heavy atom. The van der Waals surface area contributed by atoms with Crippen LogP contribution < -0.4 is 0 Å². The highest BCUT2D eigenvalue weighted by Crippen LogP contribution is 2.28. The van der Waals surface area contributed by atoms with Crippen molar-refractivity contribution in [3.8, 4) is 0 Å². The quantitative estimate of drug-likeness (QED) is 0.941. The molecule has 3 rings (SSSR count). The molecule has 1 aliphatic heterocycles. The van der Waals surface area contributed by atoms with Gasteiger partial charge in [0.1, 0.15) is 11.6 Å². The molecule has 124 valence electrons. The molecule has 2 heterocycles. The van der Waals surface area contributed by atoms with Crippen LogP contribution in [0.5, 0.6) is 0 Å². The molecule has 1 unspecified atom stereocenters. The normalized spacial score (nSPS) is 18.3. The zero-order valence-electron chi connectivity index (χ0n) is 13.1. The lowest BCUT2D eigenvalue weighted by atomic mass is 9.93. The first-order chi connectivity index (χ1) is 11.0. The lowest BCUT2D eigenvalue weighted by molar-refractivity contribution is 0.0939. The summed E-state index contributed by atoms with van der Waals surface area (Å²) in [6, 6.07) is 5.23. The number of halogens is 2. The van der Waals surface area contributed by atoms with Crippen molar-refractivity contribution in [3.63, 3.8) is 0 Å². The maximum absolute atomic E-state index is 13.7. The fourth-order valence-corrected chi connectivity index (χ4v) is 3.31. The van der Waals surface area contributed by atoms with Crippen LogP contribution in [0.2, 0.25) is 0 Å². The highest BCUT2D eigenvalue weighted by atomic mass is 19.1. The molecule has 0 aliphatic carbocycles. The van der Waals surface area contributed by atoms with Crippen LogP contribution in [0.25, 0.3) is 0 Å². The lowest BCUT2D eigenvalue weighted by Gasteiger charge is -2.33. The molecule has 2 aromatic rings. The molecular weight excluding hydrogens is 300 g/mol. The minimum atomic E-state index is -1.01. The molecule has 0 amide bonds. The van der Waals surface area contributed by atoms with Crippen molar-refractivity contribution in [2.24, 2.45) is 7.05 Å². The molecule has 0 spiro atoms. The molecule has 4 nitrogen and oxygen atoms in total. The van der Waals surface area contributed by atoms with Crippen LogP contribution in [0.4, 0.5) is 8.78 Å². The number of hydrogen-bond acceptors (Lipinski definition) is 3. The fourth-order valence-electron chi connectivity index (χ4n) is 3.31. The summed E-state index contributed by atoms with van der Waals surface area (Å²) in [4.78, 5) is 2.10. The number of aliphatic hydroxyl groups excluding tert-OH is 1. The summed E-state index contributed by atoms with van der Waals surface area (Å²) in [7, 11) is 1.94. The Kier molecular flexibility index (Phi) is 4.73. The third kappa shape index (κ3) is 3.59. The summed E-state index contributed by atoms with van der Waals surface area (Å²) in [6.07, 6.45) is 2.73. The van der Waals surface area contributed by atoms with Gasteiger partial charge in [-0.2, -0.15) is 5.10 Å². The van der Waals surface area contributed by atoms with Gasteiger partial charge in [-0.15, -0.1) is 0 Å². The fraction of sp³-hybridized carbons (Fsp3) is 0.471. The van der Waals surface area contributed by atoms with Crippen LogP contribution in [0.1, 0.15) is 36.1 Å². The summed E-state index contributed by atoms with van der Waals surface area (Å²) >= 11 is 0. The molecule has 1 aliphatic rings. The molecule has 6 heteroatoms. The number of hydrogen-bond donors (Lipinski definition) is 1. The van der Waals surface area contributed by atoms with Gasteiger partial charge < -0.3 is 10.0 Å². The summed E-state index contributed by atoms with van der Waals surface area (Å²) in [5.74, 6) is -0.638. The van der Waals surface area contributed by atoms with Crippen LogP contribution in [-0.4, -0.2) is 39.4 Å². The molecular formula is C17H21F2N3O. The second-order valence-electron chi connectivity index (χ2n) is 6.14. The van der Waals surface area contributed by atoms with Crippen molar-refractivity contribution in [3.05, 3.63) is 53.4 Å². The van der Waals surface area contributed by atoms with Gasteiger partial charge in [0.15, 0.2) is 0 Å². The van der Waals surface area contributed by atoms with Crippen molar-refractivity contribution in [2.75, 3.05) is 19.6 Å². The monoisotopic (exact) mass is 321 g/mol. The largest absolute Gasteiger partial charge is 0.387 e. The van der Waals surface area contributed by atoms with Gasteiger partial charge in [0.2, 0.25) is 0 Å². The first-order valence-corrected chi connectivity index (χ1v) is 7.88. The van der Waals surface area contributed by atoms with Crippen molar-refractivity contribution in [1.29, 1.82) is 0 Å². The predicted octanol–water partition coefficient (Wildman–Crippen LogP) is 2.61. The molecule has 0 bridgehead atoms. The van der Waals surface area contributed by atoms with Gasteiger partial charge in [-0.05, 0) is 50.2 Å². The van der Waals surface area contributed by atoms with Gasteiger partial charge in [0.05, 0.1) is 6.10 Å². The number of rotatable bonds is 4. The number of aromatic nitrogens is 2. The molecule has 0 saturated carbocycles. The van der Waals surface area contributed by atoms with Gasteiger partial charge in [-0.3, -0.25) is 4.68 Å². The van der Waals surface area contributed by atoms with E-state index >= 15 is 0 Å². The van der Waals surface area contributed by atoms with E-state index in [1.807, 2.05) is 17.8 Å². The topological polar surface area (TPSA) is 41.3 Å². The Morgan fingerprint density at radius 1 is 1.26 bits per heavy atom. The Morgan fingerprint density at radius 2 is 2.00 bits per heavy atom. The average molecular weight is 321 g/mol. The summed E-state index contributed by atoms with van der Waals surface area (Å²) in [6.45, 7) is 1.96. The van der Waals surface area contributed by atoms with E-state index in [9.17, 15) is 13.9 Å². The molecule has 1 atom stereocenters. The summed E-state index contributed by atoms with van der Waals surface area (Å²) < 4.78 is 28.8. The molecule has 0 radical (unpaired) electrons. The Labute approximate surface area is 134 Å². The van der Waals surface area contributed by atoms with Crippen molar-refractivity contribution < 1.29 is 13.9 Å². The first kappa shape index (κ1) is 16.1. The number of aliphatic hydroxyl groups is 1. The Hall–Kier alpha value is -1.79. The van der Waals surface area contributed by atoms with E-state index in [0.717, 1.165) is 44.1 Å². The molecule has 1 fully saturated rings. The van der Waals surface area contributed by atoms with Crippen molar-refractivity contribution in [1.82, 2.24) is 14.7 Å². The number of piperidine rings is 1. The van der Waals surface area contributed by atoms with Crippen LogP contribution in [0, 0.1) is 11.6 Å². The Balaban J connectivity index is 1.58. The van der Waals surface area contributed by atoms with E-state index in [1.165, 1.54) is 5.69 Å². The number of aryl methyl sites for hydroxylation is 1. The minimum absolute atomic E-state index is 0.0266. The third-order valence-electron chi connectivity index (χ3n) is 4.61. The van der Waals surface area contributed by atoms with Crippen LogP contribution in [0.15, 0.2) is 30.5 Å². The molecule has 1 saturated heterocycles. The van der Waals surface area contributed by atoms with E-state index in [2.05, 4.69) is 10.00 Å². The maximum atomic E-state index is 13.7. The highest BCUT2D eigenvalue weighted by Gasteiger charge is 2.25. The van der Waals surface area contributed by atoms with E-state index in [0.29, 0.717) is 12.5 Å². The number of likely N-dealkylation sites (tertiary alicyclic amines) is 1. The molecule has 1 aromatic carbocycles. The average Bonchev–Trinajstić information content (AvgIpc) is 2.96. The third-order valence-corrected chi connectivity index (χ3v) is 4.61. The number of β-amino-alcohol motifs (C(OH)–C–C–N with tert-alkyl or cyclic N) is 1. The van der Waals surface area contributed by atoms with Crippen LogP contribution in [-0.2, 0) is 7.05 Å². The lowest BCUT2D eigenvalue weighted by Crippen LogP contribution is -2.36. The second-order valence-corrected chi connectivity index (χ2v) is 6.14. The molecule has 1 aromatic heterocycles. The van der Waals surface area contributed by atoms with Crippen molar-refractivity contribution in [2.45, 2.75) is 24.9 Å². The van der Waals surface area contributed by atoms with E-state index < -0.39 is 17.7 Å². The van der Waals surface area contributed by atoms with Gasteiger partial charge in [-0.25, -0.2) is 8.78 Å². The molecule has 1 N–H and O–H groups in total. The zero-order valence-corrected chi connectivity index (χ0v) is 13.1. The van der Waals surface area contributed by atoms with Gasteiger partial charge >= 0.3 is 0 Å². The smallest absolute Gasteiger partial charge is 0.129 e. The van der Waals surface area contributed by atoms with Crippen molar-refractivity contribution >= 4 is 0 Å². The van der Waals surface area contributed by atoms with E-state index in [4.69, 9.17) is 0 Å². The van der Waals surface area contributed by atoms with Crippen LogP contribution >= 0.6 is 0 Å².